The second-order valence-electron chi connectivity index (χ2n) is 5.53. The molecular weight excluding hydrogens is 360 g/mol. The Morgan fingerprint density at radius 1 is 1.19 bits per heavy atom. The molecule has 134 valence electrons. The summed E-state index contributed by atoms with van der Waals surface area (Å²) in [4.78, 5) is 24.7. The number of anilines is 1. The number of nitrogens with zero attached hydrogens (tertiary/aromatic N) is 2. The molecule has 3 aromatic rings. The van der Waals surface area contributed by atoms with E-state index in [2.05, 4.69) is 10.4 Å². The van der Waals surface area contributed by atoms with Gasteiger partial charge in [-0.3, -0.25) is 9.59 Å². The lowest BCUT2D eigenvalue weighted by molar-refractivity contribution is -0.116. The first-order valence-electron chi connectivity index (χ1n) is 7.90. The van der Waals surface area contributed by atoms with Crippen LogP contribution in [0.2, 0.25) is 0 Å². The molecule has 0 saturated carbocycles. The number of halogens is 2. The maximum Gasteiger partial charge on any atom is 0.266 e. The minimum absolute atomic E-state index is 0.0489. The van der Waals surface area contributed by atoms with Crippen LogP contribution in [0.4, 0.5) is 14.5 Å². The van der Waals surface area contributed by atoms with Crippen molar-refractivity contribution in [2.75, 3.05) is 5.32 Å². The quantitative estimate of drug-likeness (QED) is 0.715. The molecule has 26 heavy (non-hydrogen) atoms. The SMILES string of the molecule is O=C(CCCn1nc(-c2cccs2)ccc1=O)Nc1cc(F)ccc1F. The van der Waals surface area contributed by atoms with Crippen LogP contribution in [-0.4, -0.2) is 15.7 Å². The number of aromatic nitrogens is 2. The maximum atomic E-state index is 13.5. The summed E-state index contributed by atoms with van der Waals surface area (Å²) in [5.74, 6) is -1.80. The van der Waals surface area contributed by atoms with Gasteiger partial charge in [-0.15, -0.1) is 11.3 Å². The van der Waals surface area contributed by atoms with E-state index in [1.165, 1.54) is 22.1 Å². The van der Waals surface area contributed by atoms with Crippen LogP contribution in [0.3, 0.4) is 0 Å². The number of thiophene rings is 1. The molecule has 1 aromatic carbocycles. The third-order valence-electron chi connectivity index (χ3n) is 3.62. The smallest absolute Gasteiger partial charge is 0.266 e. The van der Waals surface area contributed by atoms with Crippen LogP contribution in [0.1, 0.15) is 12.8 Å². The number of aryl methyl sites for hydroxylation is 1. The van der Waals surface area contributed by atoms with Crippen LogP contribution in [0, 0.1) is 11.6 Å². The average molecular weight is 375 g/mol. The van der Waals surface area contributed by atoms with Crippen LogP contribution >= 0.6 is 11.3 Å². The summed E-state index contributed by atoms with van der Waals surface area (Å²) < 4.78 is 27.9. The molecule has 1 amide bonds. The Morgan fingerprint density at radius 2 is 2.04 bits per heavy atom. The molecule has 8 heteroatoms. The molecule has 0 bridgehead atoms. The van der Waals surface area contributed by atoms with Crippen molar-refractivity contribution in [3.63, 3.8) is 0 Å². The van der Waals surface area contributed by atoms with E-state index in [0.29, 0.717) is 12.1 Å². The predicted octanol–water partition coefficient (Wildman–Crippen LogP) is 3.67. The van der Waals surface area contributed by atoms with Crippen LogP contribution < -0.4 is 10.9 Å². The van der Waals surface area contributed by atoms with Crippen LogP contribution in [0.15, 0.2) is 52.6 Å². The van der Waals surface area contributed by atoms with Crippen molar-refractivity contribution in [1.29, 1.82) is 0 Å². The van der Waals surface area contributed by atoms with Gasteiger partial charge in [0.1, 0.15) is 17.3 Å². The lowest BCUT2D eigenvalue weighted by Gasteiger charge is -2.08. The van der Waals surface area contributed by atoms with Crippen molar-refractivity contribution in [3.8, 4) is 10.6 Å². The van der Waals surface area contributed by atoms with Gasteiger partial charge in [-0.05, 0) is 36.1 Å². The van der Waals surface area contributed by atoms with Crippen LogP contribution in [-0.2, 0) is 11.3 Å². The van der Waals surface area contributed by atoms with E-state index in [9.17, 15) is 18.4 Å². The molecule has 1 N–H and O–H groups in total. The standard InChI is InChI=1S/C18H15F2N3O2S/c19-12-5-6-13(20)15(11-12)21-17(24)4-1-9-23-18(25)8-7-14(22-23)16-3-2-10-26-16/h2-3,5-8,10-11H,1,4,9H2,(H,21,24). The highest BCUT2D eigenvalue weighted by Gasteiger charge is 2.09. The second-order valence-corrected chi connectivity index (χ2v) is 6.48. The molecule has 0 aliphatic heterocycles. The Balaban J connectivity index is 1.59. The molecule has 3 rings (SSSR count). The van der Waals surface area contributed by atoms with Crippen molar-refractivity contribution in [1.82, 2.24) is 9.78 Å². The van der Waals surface area contributed by atoms with Crippen molar-refractivity contribution in [2.45, 2.75) is 19.4 Å². The normalized spacial score (nSPS) is 10.7. The van der Waals surface area contributed by atoms with Gasteiger partial charge in [-0.25, -0.2) is 13.5 Å². The number of carbonyl (C=O) groups excluding carboxylic acids is 1. The van der Waals surface area contributed by atoms with Crippen molar-refractivity contribution >= 4 is 22.9 Å². The summed E-state index contributed by atoms with van der Waals surface area (Å²) in [5.41, 5.74) is 0.220. The zero-order chi connectivity index (χ0) is 18.5. The lowest BCUT2D eigenvalue weighted by atomic mass is 10.2. The number of amides is 1. The van der Waals surface area contributed by atoms with E-state index in [0.717, 1.165) is 23.1 Å². The fourth-order valence-corrected chi connectivity index (χ4v) is 3.05. The Morgan fingerprint density at radius 3 is 2.81 bits per heavy atom. The predicted molar refractivity (Wildman–Crippen MR) is 96.0 cm³/mol. The van der Waals surface area contributed by atoms with Crippen LogP contribution in [0.5, 0.6) is 0 Å². The maximum absolute atomic E-state index is 13.5. The van der Waals surface area contributed by atoms with E-state index in [1.54, 1.807) is 6.07 Å². The molecule has 0 fully saturated rings. The zero-order valence-electron chi connectivity index (χ0n) is 13.6. The molecule has 0 aliphatic rings. The highest BCUT2D eigenvalue weighted by atomic mass is 32.1. The summed E-state index contributed by atoms with van der Waals surface area (Å²) in [6.45, 7) is 0.247. The van der Waals surface area contributed by atoms with E-state index >= 15 is 0 Å². The van der Waals surface area contributed by atoms with Crippen molar-refractivity contribution in [3.05, 3.63) is 69.8 Å². The highest BCUT2D eigenvalue weighted by Crippen LogP contribution is 2.21. The zero-order valence-corrected chi connectivity index (χ0v) is 14.4. The van der Waals surface area contributed by atoms with Gasteiger partial charge >= 0.3 is 0 Å². The Hall–Kier alpha value is -2.87. The van der Waals surface area contributed by atoms with Gasteiger partial charge in [-0.2, -0.15) is 5.10 Å². The second kappa shape index (κ2) is 8.01. The summed E-state index contributed by atoms with van der Waals surface area (Å²) in [6.07, 6.45) is 0.386. The molecule has 0 spiro atoms. The molecule has 0 aliphatic carbocycles. The van der Waals surface area contributed by atoms with Gasteiger partial charge in [0.25, 0.3) is 5.56 Å². The van der Waals surface area contributed by atoms with Crippen molar-refractivity contribution in [2.24, 2.45) is 0 Å². The molecule has 0 atom stereocenters. The molecule has 0 radical (unpaired) electrons. The molecular formula is C18H15F2N3O2S. The molecule has 2 heterocycles. The third-order valence-corrected chi connectivity index (χ3v) is 4.51. The summed E-state index contributed by atoms with van der Waals surface area (Å²) in [5, 5.41) is 8.54. The molecule has 2 aromatic heterocycles. The van der Waals surface area contributed by atoms with Gasteiger partial charge in [-0.1, -0.05) is 6.07 Å². The number of nitrogens with one attached hydrogen (secondary N) is 1. The molecule has 0 unspecified atom stereocenters. The van der Waals surface area contributed by atoms with Gasteiger partial charge in [0.15, 0.2) is 0 Å². The third kappa shape index (κ3) is 4.40. The summed E-state index contributed by atoms with van der Waals surface area (Å²) in [7, 11) is 0. The van der Waals surface area contributed by atoms with E-state index < -0.39 is 17.5 Å². The first kappa shape index (κ1) is 17.9. The first-order valence-corrected chi connectivity index (χ1v) is 8.78. The van der Waals surface area contributed by atoms with Crippen LogP contribution in [0.25, 0.3) is 10.6 Å². The number of benzene rings is 1. The summed E-state index contributed by atoms with van der Waals surface area (Å²) in [6, 6.07) is 9.74. The minimum Gasteiger partial charge on any atom is -0.324 e. The fourth-order valence-electron chi connectivity index (χ4n) is 2.36. The number of carbonyl (C=O) groups is 1. The average Bonchev–Trinajstić information content (AvgIpc) is 3.14. The topological polar surface area (TPSA) is 64.0 Å². The Bertz CT molecular complexity index is 971. The Labute approximate surface area is 151 Å². The molecule has 0 saturated heterocycles. The minimum atomic E-state index is -0.707. The largest absolute Gasteiger partial charge is 0.324 e. The summed E-state index contributed by atoms with van der Waals surface area (Å²) >= 11 is 1.51. The number of hydrogen-bond acceptors (Lipinski definition) is 4. The lowest BCUT2D eigenvalue weighted by Crippen LogP contribution is -2.23. The monoisotopic (exact) mass is 375 g/mol. The van der Waals surface area contributed by atoms with E-state index in [-0.39, 0.29) is 24.2 Å². The number of hydrogen-bond donors (Lipinski definition) is 1. The van der Waals surface area contributed by atoms with Gasteiger partial charge < -0.3 is 5.32 Å². The molecule has 5 nitrogen and oxygen atoms in total. The Kier molecular flexibility index (Phi) is 5.52. The van der Waals surface area contributed by atoms with Gasteiger partial charge in [0, 0.05) is 25.1 Å². The van der Waals surface area contributed by atoms with Gasteiger partial charge in [0.2, 0.25) is 5.91 Å². The number of rotatable bonds is 6. The highest BCUT2D eigenvalue weighted by molar-refractivity contribution is 7.13. The van der Waals surface area contributed by atoms with E-state index in [4.69, 9.17) is 0 Å². The first-order chi connectivity index (χ1) is 12.5. The van der Waals surface area contributed by atoms with Crippen molar-refractivity contribution < 1.29 is 13.6 Å². The van der Waals surface area contributed by atoms with Gasteiger partial charge in [0.05, 0.1) is 10.6 Å². The fraction of sp³-hybridized carbons (Fsp3) is 0.167. The van der Waals surface area contributed by atoms with E-state index in [1.807, 2.05) is 17.5 Å².